The zero-order chi connectivity index (χ0) is 27.3. The van der Waals surface area contributed by atoms with Crippen LogP contribution in [-0.2, 0) is 30.3 Å². The van der Waals surface area contributed by atoms with Crippen molar-refractivity contribution >= 4 is 24.1 Å². The van der Waals surface area contributed by atoms with E-state index < -0.39 is 35.9 Å². The molecule has 0 spiro atoms. The van der Waals surface area contributed by atoms with Crippen LogP contribution in [-0.4, -0.2) is 47.0 Å². The number of hydrogen-bond donors (Lipinski definition) is 2. The Labute approximate surface area is 212 Å². The Morgan fingerprint density at radius 1 is 0.917 bits per heavy atom. The topological polar surface area (TPSA) is 137 Å². The van der Waals surface area contributed by atoms with Gasteiger partial charge >= 0.3 is 24.1 Å². The molecule has 0 unspecified atom stereocenters. The molecule has 0 saturated carbocycles. The average molecular weight is 510 g/mol. The Morgan fingerprint density at radius 3 is 1.94 bits per heavy atom. The number of unbranched alkanes of at least 4 members (excludes halogenated alkanes) is 2. The van der Waals surface area contributed by atoms with Gasteiger partial charge in [-0.1, -0.05) is 32.8 Å². The minimum absolute atomic E-state index is 0.0213. The SMILES string of the molecule is CCCCC(=O)Oc1ccc(C[C@](NC(C)C)(OC(=O)OC(C)C)C(=O)O)cc1OC(=O)CCCC. The summed E-state index contributed by atoms with van der Waals surface area (Å²) < 4.78 is 21.1. The Bertz CT molecular complexity index is 897. The van der Waals surface area contributed by atoms with Crippen LogP contribution in [0.15, 0.2) is 18.2 Å². The van der Waals surface area contributed by atoms with E-state index in [1.807, 2.05) is 13.8 Å². The fourth-order valence-corrected chi connectivity index (χ4v) is 3.23. The molecule has 0 aliphatic rings. The molecule has 1 rings (SSSR count). The Kier molecular flexibility index (Phi) is 12.9. The summed E-state index contributed by atoms with van der Waals surface area (Å²) in [6.07, 6.45) is 1.26. The summed E-state index contributed by atoms with van der Waals surface area (Å²) in [4.78, 5) is 49.1. The first-order chi connectivity index (χ1) is 16.9. The predicted octanol–water partition coefficient (Wildman–Crippen LogP) is 4.76. The molecule has 1 aromatic rings. The van der Waals surface area contributed by atoms with Crippen LogP contribution in [0.4, 0.5) is 4.79 Å². The van der Waals surface area contributed by atoms with Crippen molar-refractivity contribution in [2.45, 2.75) is 104 Å². The van der Waals surface area contributed by atoms with Crippen LogP contribution in [0.1, 0.15) is 85.6 Å². The third-order valence-corrected chi connectivity index (χ3v) is 4.83. The molecule has 0 heterocycles. The molecule has 0 aliphatic carbocycles. The second kappa shape index (κ2) is 15.1. The van der Waals surface area contributed by atoms with Crippen LogP contribution < -0.4 is 14.8 Å². The highest BCUT2D eigenvalue weighted by molar-refractivity contribution is 5.81. The van der Waals surface area contributed by atoms with Crippen LogP contribution >= 0.6 is 0 Å². The predicted molar refractivity (Wildman–Crippen MR) is 132 cm³/mol. The van der Waals surface area contributed by atoms with E-state index in [0.717, 1.165) is 12.8 Å². The van der Waals surface area contributed by atoms with Crippen LogP contribution in [0.5, 0.6) is 11.5 Å². The van der Waals surface area contributed by atoms with E-state index in [2.05, 4.69) is 5.32 Å². The van der Waals surface area contributed by atoms with Crippen LogP contribution in [0.25, 0.3) is 0 Å². The van der Waals surface area contributed by atoms with E-state index in [1.165, 1.54) is 18.2 Å². The lowest BCUT2D eigenvalue weighted by Gasteiger charge is -2.32. The van der Waals surface area contributed by atoms with E-state index in [-0.39, 0.29) is 36.8 Å². The monoisotopic (exact) mass is 509 g/mol. The fourth-order valence-electron chi connectivity index (χ4n) is 3.23. The van der Waals surface area contributed by atoms with Crippen molar-refractivity contribution in [3.63, 3.8) is 0 Å². The zero-order valence-corrected chi connectivity index (χ0v) is 22.0. The molecule has 36 heavy (non-hydrogen) atoms. The summed E-state index contributed by atoms with van der Waals surface area (Å²) in [6.45, 7) is 10.5. The molecule has 0 fully saturated rings. The summed E-state index contributed by atoms with van der Waals surface area (Å²) in [6, 6.07) is 3.97. The summed E-state index contributed by atoms with van der Waals surface area (Å²) in [7, 11) is 0. The molecule has 0 aromatic heterocycles. The second-order valence-electron chi connectivity index (χ2n) is 9.06. The number of ether oxygens (including phenoxy) is 4. The molecule has 0 aliphatic heterocycles. The number of aliphatic carboxylic acids is 1. The average Bonchev–Trinajstić information content (AvgIpc) is 2.76. The van der Waals surface area contributed by atoms with E-state index in [9.17, 15) is 24.3 Å². The quantitative estimate of drug-likeness (QED) is 0.193. The Morgan fingerprint density at radius 2 is 1.47 bits per heavy atom. The van der Waals surface area contributed by atoms with Crippen molar-refractivity contribution in [1.82, 2.24) is 5.32 Å². The van der Waals surface area contributed by atoms with Crippen LogP contribution in [0.2, 0.25) is 0 Å². The summed E-state index contributed by atoms with van der Waals surface area (Å²) >= 11 is 0. The van der Waals surface area contributed by atoms with Gasteiger partial charge < -0.3 is 24.1 Å². The van der Waals surface area contributed by atoms with E-state index in [4.69, 9.17) is 18.9 Å². The molecule has 202 valence electrons. The fraction of sp³-hybridized carbons (Fsp3) is 0.615. The maximum atomic E-state index is 12.3. The number of benzene rings is 1. The van der Waals surface area contributed by atoms with Gasteiger partial charge in [0.05, 0.1) is 6.10 Å². The zero-order valence-electron chi connectivity index (χ0n) is 22.0. The van der Waals surface area contributed by atoms with E-state index >= 15 is 0 Å². The molecule has 10 heteroatoms. The standard InChI is InChI=1S/C26H39NO9/c1-7-9-11-22(28)34-20-14-13-19(15-21(20)35-23(29)12-10-8-2)16-26(24(30)31,27-17(3)4)36-25(32)33-18(5)6/h13-15,17-18,27H,7-12,16H2,1-6H3,(H,30,31)/t26-/m0/s1. The molecular weight excluding hydrogens is 470 g/mol. The lowest BCUT2D eigenvalue weighted by Crippen LogP contribution is -2.59. The number of carboxylic acid groups (broad SMARTS) is 1. The number of carboxylic acids is 1. The smallest absolute Gasteiger partial charge is 0.477 e. The highest BCUT2D eigenvalue weighted by Gasteiger charge is 2.44. The number of hydrogen-bond acceptors (Lipinski definition) is 9. The molecule has 0 saturated heterocycles. The van der Waals surface area contributed by atoms with Gasteiger partial charge in [0.25, 0.3) is 5.72 Å². The second-order valence-corrected chi connectivity index (χ2v) is 9.06. The minimum atomic E-state index is -2.16. The first-order valence-electron chi connectivity index (χ1n) is 12.4. The van der Waals surface area contributed by atoms with Gasteiger partial charge in [-0.2, -0.15) is 0 Å². The van der Waals surface area contributed by atoms with E-state index in [0.29, 0.717) is 18.4 Å². The minimum Gasteiger partial charge on any atom is -0.477 e. The number of esters is 2. The van der Waals surface area contributed by atoms with Crippen molar-refractivity contribution in [1.29, 1.82) is 0 Å². The van der Waals surface area contributed by atoms with Gasteiger partial charge in [-0.25, -0.2) is 9.59 Å². The highest BCUT2D eigenvalue weighted by Crippen LogP contribution is 2.31. The van der Waals surface area contributed by atoms with Crippen molar-refractivity contribution in [3.8, 4) is 11.5 Å². The first kappa shape index (κ1) is 30.9. The molecule has 0 radical (unpaired) electrons. The molecule has 2 N–H and O–H groups in total. The lowest BCUT2D eigenvalue weighted by molar-refractivity contribution is -0.167. The Hall–Kier alpha value is -3.14. The van der Waals surface area contributed by atoms with Gasteiger partial charge in [-0.15, -0.1) is 0 Å². The molecule has 0 amide bonds. The van der Waals surface area contributed by atoms with Gasteiger partial charge in [0.15, 0.2) is 11.5 Å². The van der Waals surface area contributed by atoms with Gasteiger partial charge in [0, 0.05) is 25.3 Å². The molecule has 1 atom stereocenters. The van der Waals surface area contributed by atoms with Crippen LogP contribution in [0.3, 0.4) is 0 Å². The number of rotatable bonds is 15. The summed E-state index contributed by atoms with van der Waals surface area (Å²) in [5.74, 6) is -2.40. The van der Waals surface area contributed by atoms with Crippen molar-refractivity contribution < 1.29 is 43.2 Å². The molecule has 10 nitrogen and oxygen atoms in total. The van der Waals surface area contributed by atoms with Crippen molar-refractivity contribution in [2.75, 3.05) is 0 Å². The first-order valence-corrected chi connectivity index (χ1v) is 12.4. The molecule has 0 bridgehead atoms. The number of carbonyl (C=O) groups is 4. The van der Waals surface area contributed by atoms with Crippen molar-refractivity contribution in [2.24, 2.45) is 0 Å². The third kappa shape index (κ3) is 10.6. The summed E-state index contributed by atoms with van der Waals surface area (Å²) in [5, 5.41) is 12.8. The van der Waals surface area contributed by atoms with Crippen LogP contribution in [0, 0.1) is 0 Å². The summed E-state index contributed by atoms with van der Waals surface area (Å²) in [5.41, 5.74) is -1.81. The number of carbonyl (C=O) groups excluding carboxylic acids is 3. The van der Waals surface area contributed by atoms with E-state index in [1.54, 1.807) is 27.7 Å². The maximum absolute atomic E-state index is 12.3. The maximum Gasteiger partial charge on any atom is 0.510 e. The number of nitrogens with one attached hydrogen (secondary N) is 1. The normalized spacial score (nSPS) is 12.7. The van der Waals surface area contributed by atoms with Gasteiger partial charge in [-0.3, -0.25) is 14.9 Å². The van der Waals surface area contributed by atoms with Gasteiger partial charge in [0.1, 0.15) is 0 Å². The third-order valence-electron chi connectivity index (χ3n) is 4.83. The lowest BCUT2D eigenvalue weighted by atomic mass is 10.0. The van der Waals surface area contributed by atoms with Crippen molar-refractivity contribution in [3.05, 3.63) is 23.8 Å². The van der Waals surface area contributed by atoms with Gasteiger partial charge in [-0.05, 0) is 58.2 Å². The Balaban J connectivity index is 3.36. The van der Waals surface area contributed by atoms with Gasteiger partial charge in [0.2, 0.25) is 0 Å². The molecule has 1 aromatic carbocycles. The highest BCUT2D eigenvalue weighted by atomic mass is 16.7. The largest absolute Gasteiger partial charge is 0.510 e. The molecular formula is C26H39NO9.